The molecule has 1 aromatic carbocycles. The van der Waals surface area contributed by atoms with Gasteiger partial charge in [-0.05, 0) is 38.8 Å². The third-order valence-corrected chi connectivity index (χ3v) is 3.05. The second-order valence-electron chi connectivity index (χ2n) is 5.71. The summed E-state index contributed by atoms with van der Waals surface area (Å²) < 4.78 is 5.89. The predicted molar refractivity (Wildman–Crippen MR) is 87.4 cm³/mol. The Bertz CT molecular complexity index is 480. The monoisotopic (exact) mass is 355 g/mol. The number of aliphatic hydroxyl groups is 1. The van der Waals surface area contributed by atoms with Gasteiger partial charge in [0.25, 0.3) is 0 Å². The van der Waals surface area contributed by atoms with Crippen LogP contribution in [0.25, 0.3) is 0 Å². The number of carbonyl (C=O) groups is 1. The Morgan fingerprint density at radius 2 is 2.00 bits per heavy atom. The Morgan fingerprint density at radius 3 is 2.52 bits per heavy atom. The van der Waals surface area contributed by atoms with Crippen molar-refractivity contribution >= 4 is 22.0 Å². The lowest BCUT2D eigenvalue weighted by molar-refractivity contribution is 0.0514. The molecular formula is C16H22BrNO3. The fourth-order valence-corrected chi connectivity index (χ4v) is 2.07. The molecule has 0 aliphatic heterocycles. The number of rotatable bonds is 5. The average Bonchev–Trinajstić information content (AvgIpc) is 2.37. The van der Waals surface area contributed by atoms with Gasteiger partial charge in [-0.1, -0.05) is 46.3 Å². The van der Waals surface area contributed by atoms with Crippen LogP contribution in [-0.2, 0) is 11.2 Å². The molecule has 5 heteroatoms. The van der Waals surface area contributed by atoms with E-state index in [1.807, 2.05) is 51.1 Å². The van der Waals surface area contributed by atoms with Gasteiger partial charge >= 0.3 is 6.09 Å². The number of hydrogen-bond donors (Lipinski definition) is 2. The summed E-state index contributed by atoms with van der Waals surface area (Å²) in [6.07, 6.45) is 1.92. The molecule has 0 aliphatic carbocycles. The SMILES string of the molecule is CC(C)(C)OC(=O)N[C@H](/C=C(/Br)CO)Cc1ccccc1. The first-order valence-electron chi connectivity index (χ1n) is 6.80. The number of nitrogens with one attached hydrogen (secondary N) is 1. The van der Waals surface area contributed by atoms with Crippen LogP contribution < -0.4 is 5.32 Å². The highest BCUT2D eigenvalue weighted by atomic mass is 79.9. The molecule has 0 saturated heterocycles. The number of halogens is 1. The van der Waals surface area contributed by atoms with E-state index in [1.165, 1.54) is 0 Å². The number of ether oxygens (including phenoxy) is 1. The Balaban J connectivity index is 2.76. The highest BCUT2D eigenvalue weighted by molar-refractivity contribution is 9.11. The zero-order valence-electron chi connectivity index (χ0n) is 12.6. The summed E-state index contributed by atoms with van der Waals surface area (Å²) in [4.78, 5) is 11.9. The highest BCUT2D eigenvalue weighted by Gasteiger charge is 2.19. The Kier molecular flexibility index (Phi) is 6.92. The van der Waals surface area contributed by atoms with Gasteiger partial charge < -0.3 is 15.2 Å². The summed E-state index contributed by atoms with van der Waals surface area (Å²) in [5.41, 5.74) is 0.548. The minimum Gasteiger partial charge on any atom is -0.444 e. The van der Waals surface area contributed by atoms with Crippen LogP contribution in [0.2, 0.25) is 0 Å². The van der Waals surface area contributed by atoms with Crippen molar-refractivity contribution in [1.29, 1.82) is 0 Å². The molecule has 0 bridgehead atoms. The minimum absolute atomic E-state index is 0.110. The third-order valence-electron chi connectivity index (χ3n) is 2.53. The number of amides is 1. The van der Waals surface area contributed by atoms with E-state index in [0.29, 0.717) is 10.9 Å². The van der Waals surface area contributed by atoms with Crippen molar-refractivity contribution in [1.82, 2.24) is 5.32 Å². The zero-order valence-corrected chi connectivity index (χ0v) is 14.2. The molecule has 0 aromatic heterocycles. The van der Waals surface area contributed by atoms with Crippen molar-refractivity contribution < 1.29 is 14.6 Å². The molecule has 0 aliphatic rings. The molecule has 4 nitrogen and oxygen atoms in total. The van der Waals surface area contributed by atoms with Gasteiger partial charge in [0.2, 0.25) is 0 Å². The summed E-state index contributed by atoms with van der Waals surface area (Å²) >= 11 is 3.26. The fourth-order valence-electron chi connectivity index (χ4n) is 1.75. The molecule has 1 aromatic rings. The summed E-state index contributed by atoms with van der Waals surface area (Å²) in [7, 11) is 0. The second-order valence-corrected chi connectivity index (χ2v) is 6.73. The van der Waals surface area contributed by atoms with E-state index in [2.05, 4.69) is 21.2 Å². The Morgan fingerprint density at radius 1 is 1.38 bits per heavy atom. The summed E-state index contributed by atoms with van der Waals surface area (Å²) in [5, 5.41) is 11.9. The van der Waals surface area contributed by atoms with E-state index < -0.39 is 11.7 Å². The van der Waals surface area contributed by atoms with Gasteiger partial charge in [0.15, 0.2) is 0 Å². The van der Waals surface area contributed by atoms with Crippen LogP contribution in [0.1, 0.15) is 26.3 Å². The standard InChI is InChI=1S/C16H22BrNO3/c1-16(2,3)21-15(20)18-14(10-13(17)11-19)9-12-7-5-4-6-8-12/h4-8,10,14,19H,9,11H2,1-3H3,(H,18,20)/b13-10+/t14-/m0/s1. The summed E-state index contributed by atoms with van der Waals surface area (Å²) in [6, 6.07) is 9.56. The minimum atomic E-state index is -0.542. The van der Waals surface area contributed by atoms with Crippen molar-refractivity contribution in [2.45, 2.75) is 38.8 Å². The third kappa shape index (κ3) is 7.87. The second kappa shape index (κ2) is 8.20. The topological polar surface area (TPSA) is 58.6 Å². The van der Waals surface area contributed by atoms with Gasteiger partial charge in [-0.3, -0.25) is 0 Å². The first-order chi connectivity index (χ1) is 9.80. The van der Waals surface area contributed by atoms with Crippen molar-refractivity contribution in [3.05, 3.63) is 46.5 Å². The molecule has 0 spiro atoms. The molecular weight excluding hydrogens is 334 g/mol. The Labute approximate surface area is 134 Å². The lowest BCUT2D eigenvalue weighted by Gasteiger charge is -2.22. The van der Waals surface area contributed by atoms with Gasteiger partial charge in [0, 0.05) is 4.48 Å². The number of carbonyl (C=O) groups excluding carboxylic acids is 1. The number of alkyl carbamates (subject to hydrolysis) is 1. The molecule has 1 rings (SSSR count). The molecule has 2 N–H and O–H groups in total. The molecule has 21 heavy (non-hydrogen) atoms. The van der Waals surface area contributed by atoms with E-state index in [4.69, 9.17) is 9.84 Å². The molecule has 1 amide bonds. The first kappa shape index (κ1) is 17.7. The van der Waals surface area contributed by atoms with Crippen LogP contribution in [0.5, 0.6) is 0 Å². The Hall–Kier alpha value is -1.33. The lowest BCUT2D eigenvalue weighted by Crippen LogP contribution is -2.39. The van der Waals surface area contributed by atoms with Crippen LogP contribution in [0, 0.1) is 0 Å². The van der Waals surface area contributed by atoms with Gasteiger partial charge in [0.05, 0.1) is 12.6 Å². The van der Waals surface area contributed by atoms with Gasteiger partial charge in [-0.25, -0.2) is 4.79 Å². The van der Waals surface area contributed by atoms with Crippen LogP contribution in [0.15, 0.2) is 40.9 Å². The summed E-state index contributed by atoms with van der Waals surface area (Å²) in [5.74, 6) is 0. The first-order valence-corrected chi connectivity index (χ1v) is 7.60. The number of aliphatic hydroxyl groups excluding tert-OH is 1. The molecule has 0 fully saturated rings. The molecule has 1 atom stereocenters. The van der Waals surface area contributed by atoms with Crippen LogP contribution in [0.4, 0.5) is 4.79 Å². The molecule has 0 radical (unpaired) electrons. The molecule has 0 unspecified atom stereocenters. The lowest BCUT2D eigenvalue weighted by atomic mass is 10.1. The maximum absolute atomic E-state index is 11.9. The van der Waals surface area contributed by atoms with E-state index in [-0.39, 0.29) is 12.6 Å². The van der Waals surface area contributed by atoms with E-state index >= 15 is 0 Å². The quantitative estimate of drug-likeness (QED) is 0.850. The van der Waals surface area contributed by atoms with Gasteiger partial charge in [-0.2, -0.15) is 0 Å². The number of benzene rings is 1. The maximum atomic E-state index is 11.9. The van der Waals surface area contributed by atoms with Crippen molar-refractivity contribution in [3.63, 3.8) is 0 Å². The van der Waals surface area contributed by atoms with Gasteiger partial charge in [0.1, 0.15) is 5.60 Å². The molecule has 116 valence electrons. The average molecular weight is 356 g/mol. The van der Waals surface area contributed by atoms with Crippen LogP contribution in [-0.4, -0.2) is 29.4 Å². The molecule has 0 saturated carbocycles. The predicted octanol–water partition coefficient (Wildman–Crippen LogP) is 3.39. The summed E-state index contributed by atoms with van der Waals surface area (Å²) in [6.45, 7) is 5.34. The fraction of sp³-hybridized carbons (Fsp3) is 0.438. The van der Waals surface area contributed by atoms with E-state index in [1.54, 1.807) is 6.08 Å². The molecule has 0 heterocycles. The van der Waals surface area contributed by atoms with E-state index in [9.17, 15) is 4.79 Å². The largest absolute Gasteiger partial charge is 0.444 e. The van der Waals surface area contributed by atoms with Gasteiger partial charge in [-0.15, -0.1) is 0 Å². The number of hydrogen-bond acceptors (Lipinski definition) is 3. The normalized spacial score (nSPS) is 13.7. The van der Waals surface area contributed by atoms with Crippen LogP contribution >= 0.6 is 15.9 Å². The zero-order chi connectivity index (χ0) is 15.9. The smallest absolute Gasteiger partial charge is 0.408 e. The maximum Gasteiger partial charge on any atom is 0.408 e. The van der Waals surface area contributed by atoms with Crippen LogP contribution in [0.3, 0.4) is 0 Å². The van der Waals surface area contributed by atoms with Crippen molar-refractivity contribution in [3.8, 4) is 0 Å². The van der Waals surface area contributed by atoms with Crippen molar-refractivity contribution in [2.75, 3.05) is 6.61 Å². The van der Waals surface area contributed by atoms with Crippen molar-refractivity contribution in [2.24, 2.45) is 0 Å². The highest BCUT2D eigenvalue weighted by Crippen LogP contribution is 2.12. The van der Waals surface area contributed by atoms with E-state index in [0.717, 1.165) is 5.56 Å².